The van der Waals surface area contributed by atoms with Gasteiger partial charge in [-0.05, 0) is 53.0 Å². The Morgan fingerprint density at radius 3 is 2.57 bits per heavy atom. The Morgan fingerprint density at radius 1 is 1.21 bits per heavy atom. The maximum atomic E-state index is 4.12. The summed E-state index contributed by atoms with van der Waals surface area (Å²) in [7, 11) is 0. The maximum Gasteiger partial charge on any atom is 0.181 e. The number of benzene rings is 1. The lowest BCUT2D eigenvalue weighted by Gasteiger charge is -2.06. The van der Waals surface area contributed by atoms with Crippen molar-refractivity contribution < 1.29 is 0 Å². The molecule has 0 aliphatic rings. The van der Waals surface area contributed by atoms with Crippen molar-refractivity contribution in [2.24, 2.45) is 0 Å². The SMILES string of the molecule is Cc1ccc(-n2ccnc2Br)cc1C. The smallest absolute Gasteiger partial charge is 0.181 e. The van der Waals surface area contributed by atoms with Crippen LogP contribution in [0.4, 0.5) is 0 Å². The molecular weight excluding hydrogens is 240 g/mol. The lowest BCUT2D eigenvalue weighted by molar-refractivity contribution is 1.01. The summed E-state index contributed by atoms with van der Waals surface area (Å²) in [6.45, 7) is 4.23. The molecule has 0 radical (unpaired) electrons. The molecule has 0 unspecified atom stereocenters. The standard InChI is InChI=1S/C11H11BrN2/c1-8-3-4-10(7-9(8)2)14-6-5-13-11(14)12/h3-7H,1-2H3. The molecule has 0 fully saturated rings. The van der Waals surface area contributed by atoms with Crippen LogP contribution >= 0.6 is 15.9 Å². The highest BCUT2D eigenvalue weighted by molar-refractivity contribution is 9.10. The zero-order valence-electron chi connectivity index (χ0n) is 8.16. The van der Waals surface area contributed by atoms with Crippen LogP contribution in [0.15, 0.2) is 35.3 Å². The van der Waals surface area contributed by atoms with Crippen LogP contribution in [0, 0.1) is 13.8 Å². The Kier molecular flexibility index (Phi) is 2.42. The number of halogens is 1. The van der Waals surface area contributed by atoms with Gasteiger partial charge in [0.2, 0.25) is 0 Å². The third-order valence-electron chi connectivity index (χ3n) is 2.36. The van der Waals surface area contributed by atoms with Gasteiger partial charge in [-0.15, -0.1) is 0 Å². The molecule has 0 amide bonds. The molecule has 1 aromatic heterocycles. The molecule has 0 bridgehead atoms. The fraction of sp³-hybridized carbons (Fsp3) is 0.182. The van der Waals surface area contributed by atoms with Gasteiger partial charge in [0.25, 0.3) is 0 Å². The molecule has 0 atom stereocenters. The molecule has 1 aromatic carbocycles. The van der Waals surface area contributed by atoms with E-state index in [1.165, 1.54) is 11.1 Å². The van der Waals surface area contributed by atoms with Crippen molar-refractivity contribution in [3.63, 3.8) is 0 Å². The van der Waals surface area contributed by atoms with E-state index in [4.69, 9.17) is 0 Å². The number of nitrogens with zero attached hydrogens (tertiary/aromatic N) is 2. The highest BCUT2D eigenvalue weighted by Gasteiger charge is 2.02. The predicted octanol–water partition coefficient (Wildman–Crippen LogP) is 3.25. The zero-order valence-corrected chi connectivity index (χ0v) is 9.75. The van der Waals surface area contributed by atoms with E-state index >= 15 is 0 Å². The summed E-state index contributed by atoms with van der Waals surface area (Å²) in [5.74, 6) is 0. The van der Waals surface area contributed by atoms with E-state index in [0.717, 1.165) is 10.4 Å². The van der Waals surface area contributed by atoms with Gasteiger partial charge in [0.05, 0.1) is 0 Å². The summed E-state index contributed by atoms with van der Waals surface area (Å²) >= 11 is 3.40. The number of hydrogen-bond acceptors (Lipinski definition) is 1. The number of rotatable bonds is 1. The Morgan fingerprint density at radius 2 is 2.00 bits per heavy atom. The molecule has 72 valence electrons. The lowest BCUT2D eigenvalue weighted by Crippen LogP contribution is -1.94. The van der Waals surface area contributed by atoms with Crippen LogP contribution in [0.5, 0.6) is 0 Å². The fourth-order valence-corrected chi connectivity index (χ4v) is 1.79. The fourth-order valence-electron chi connectivity index (χ4n) is 1.35. The molecule has 3 heteroatoms. The van der Waals surface area contributed by atoms with Crippen molar-refractivity contribution in [1.82, 2.24) is 9.55 Å². The van der Waals surface area contributed by atoms with E-state index in [1.54, 1.807) is 6.20 Å². The van der Waals surface area contributed by atoms with Gasteiger partial charge in [-0.25, -0.2) is 4.98 Å². The number of aryl methyl sites for hydroxylation is 2. The van der Waals surface area contributed by atoms with Crippen molar-refractivity contribution in [3.05, 3.63) is 46.5 Å². The van der Waals surface area contributed by atoms with Crippen LogP contribution in [0.1, 0.15) is 11.1 Å². The second kappa shape index (κ2) is 3.58. The molecule has 14 heavy (non-hydrogen) atoms. The van der Waals surface area contributed by atoms with Crippen molar-refractivity contribution in [3.8, 4) is 5.69 Å². The molecule has 2 rings (SSSR count). The average molecular weight is 251 g/mol. The highest BCUT2D eigenvalue weighted by Crippen LogP contribution is 2.17. The molecule has 2 nitrogen and oxygen atoms in total. The van der Waals surface area contributed by atoms with Crippen LogP contribution in [-0.2, 0) is 0 Å². The predicted molar refractivity (Wildman–Crippen MR) is 60.7 cm³/mol. The van der Waals surface area contributed by atoms with Crippen molar-refractivity contribution >= 4 is 15.9 Å². The van der Waals surface area contributed by atoms with Gasteiger partial charge in [0, 0.05) is 18.1 Å². The van der Waals surface area contributed by atoms with Gasteiger partial charge in [-0.1, -0.05) is 6.07 Å². The first kappa shape index (κ1) is 9.46. The van der Waals surface area contributed by atoms with Crippen LogP contribution in [0.25, 0.3) is 5.69 Å². The Labute approximate surface area is 91.7 Å². The summed E-state index contributed by atoms with van der Waals surface area (Å²) in [4.78, 5) is 4.12. The van der Waals surface area contributed by atoms with Crippen molar-refractivity contribution in [1.29, 1.82) is 0 Å². The molecule has 0 aliphatic carbocycles. The van der Waals surface area contributed by atoms with E-state index in [-0.39, 0.29) is 0 Å². The lowest BCUT2D eigenvalue weighted by atomic mass is 10.1. The molecule has 1 heterocycles. The Hall–Kier alpha value is -1.09. The van der Waals surface area contributed by atoms with Crippen LogP contribution in [0.2, 0.25) is 0 Å². The van der Waals surface area contributed by atoms with E-state index in [1.807, 2.05) is 10.8 Å². The van der Waals surface area contributed by atoms with Crippen LogP contribution < -0.4 is 0 Å². The van der Waals surface area contributed by atoms with Gasteiger partial charge >= 0.3 is 0 Å². The topological polar surface area (TPSA) is 17.8 Å². The average Bonchev–Trinajstić information content (AvgIpc) is 2.57. The van der Waals surface area contributed by atoms with Crippen molar-refractivity contribution in [2.75, 3.05) is 0 Å². The van der Waals surface area contributed by atoms with E-state index in [2.05, 4.69) is 53.0 Å². The van der Waals surface area contributed by atoms with E-state index in [0.29, 0.717) is 0 Å². The summed E-state index contributed by atoms with van der Waals surface area (Å²) in [5.41, 5.74) is 3.74. The minimum Gasteiger partial charge on any atom is -0.294 e. The largest absolute Gasteiger partial charge is 0.294 e. The second-order valence-corrected chi connectivity index (χ2v) is 4.04. The minimum absolute atomic E-state index is 0.834. The van der Waals surface area contributed by atoms with E-state index in [9.17, 15) is 0 Å². The quantitative estimate of drug-likeness (QED) is 0.760. The van der Waals surface area contributed by atoms with Gasteiger partial charge in [-0.2, -0.15) is 0 Å². The van der Waals surface area contributed by atoms with E-state index < -0.39 is 0 Å². The van der Waals surface area contributed by atoms with Gasteiger partial charge in [0.1, 0.15) is 0 Å². The molecule has 0 saturated carbocycles. The monoisotopic (exact) mass is 250 g/mol. The van der Waals surface area contributed by atoms with Gasteiger partial charge in [0.15, 0.2) is 4.73 Å². The first-order valence-corrected chi connectivity index (χ1v) is 5.24. The first-order valence-electron chi connectivity index (χ1n) is 4.45. The normalized spacial score (nSPS) is 10.5. The second-order valence-electron chi connectivity index (χ2n) is 3.33. The molecular formula is C11H11BrN2. The van der Waals surface area contributed by atoms with Gasteiger partial charge in [-0.3, -0.25) is 4.57 Å². The van der Waals surface area contributed by atoms with Crippen molar-refractivity contribution in [2.45, 2.75) is 13.8 Å². The molecule has 0 N–H and O–H groups in total. The number of aromatic nitrogens is 2. The van der Waals surface area contributed by atoms with Gasteiger partial charge < -0.3 is 0 Å². The number of imidazole rings is 1. The third kappa shape index (κ3) is 1.60. The third-order valence-corrected chi connectivity index (χ3v) is 2.95. The summed E-state index contributed by atoms with van der Waals surface area (Å²) in [5, 5.41) is 0. The summed E-state index contributed by atoms with van der Waals surface area (Å²) < 4.78 is 2.84. The molecule has 0 aliphatic heterocycles. The summed E-state index contributed by atoms with van der Waals surface area (Å²) in [6, 6.07) is 6.37. The summed E-state index contributed by atoms with van der Waals surface area (Å²) in [6.07, 6.45) is 3.72. The molecule has 2 aromatic rings. The molecule has 0 spiro atoms. The van der Waals surface area contributed by atoms with Crippen LogP contribution in [0.3, 0.4) is 0 Å². The Balaban J connectivity index is 2.53. The highest BCUT2D eigenvalue weighted by atomic mass is 79.9. The maximum absolute atomic E-state index is 4.12. The van der Waals surface area contributed by atoms with Crippen LogP contribution in [-0.4, -0.2) is 9.55 Å². The molecule has 0 saturated heterocycles. The minimum atomic E-state index is 0.834. The zero-order chi connectivity index (χ0) is 10.1. The first-order chi connectivity index (χ1) is 6.68. The number of hydrogen-bond donors (Lipinski definition) is 0. The Bertz CT molecular complexity index is 460.